The highest BCUT2D eigenvalue weighted by Gasteiger charge is 2.35. The van der Waals surface area contributed by atoms with Gasteiger partial charge in [0.2, 0.25) is 5.95 Å². The molecular weight excluding hydrogens is 981 g/mol. The lowest BCUT2D eigenvalue weighted by Crippen LogP contribution is -2.26. The predicted molar refractivity (Wildman–Crippen MR) is 321 cm³/mol. The van der Waals surface area contributed by atoms with Crippen molar-refractivity contribution < 1.29 is 0 Å². The minimum absolute atomic E-state index is 0.475. The van der Waals surface area contributed by atoms with E-state index in [1.54, 1.807) is 0 Å². The van der Waals surface area contributed by atoms with Gasteiger partial charge in [0.1, 0.15) is 0 Å². The number of aromatic nitrogens is 8. The Morgan fingerprint density at radius 2 is 0.512 bits per heavy atom. The van der Waals surface area contributed by atoms with Crippen molar-refractivity contribution >= 4 is 34.4 Å². The number of benzene rings is 10. The average Bonchev–Trinajstić information content (AvgIpc) is 3.66. The summed E-state index contributed by atoms with van der Waals surface area (Å²) in [5.74, 6) is 3.75. The van der Waals surface area contributed by atoms with Gasteiger partial charge in [-0.2, -0.15) is 9.97 Å². The van der Waals surface area contributed by atoms with Crippen LogP contribution >= 0.6 is 0 Å². The van der Waals surface area contributed by atoms with Crippen molar-refractivity contribution in [2.24, 2.45) is 0 Å². The highest BCUT2D eigenvalue weighted by atomic mass is 15.3. The molecule has 0 saturated carbocycles. The molecule has 0 atom stereocenters. The van der Waals surface area contributed by atoms with Crippen LogP contribution < -0.4 is 9.80 Å². The maximum atomic E-state index is 5.54. The van der Waals surface area contributed by atoms with Gasteiger partial charge in [0.05, 0.1) is 45.4 Å². The molecule has 10 aromatic carbocycles. The van der Waals surface area contributed by atoms with E-state index >= 15 is 0 Å². The van der Waals surface area contributed by atoms with Crippen LogP contribution in [0.3, 0.4) is 0 Å². The Morgan fingerprint density at radius 3 is 0.925 bits per heavy atom. The fourth-order valence-electron chi connectivity index (χ4n) is 10.4. The molecule has 14 rings (SSSR count). The van der Waals surface area contributed by atoms with Crippen molar-refractivity contribution in [2.45, 2.75) is 0 Å². The molecule has 0 amide bonds. The zero-order valence-corrected chi connectivity index (χ0v) is 43.0. The van der Waals surface area contributed by atoms with Crippen molar-refractivity contribution in [2.75, 3.05) is 9.80 Å². The average molecular weight is 1030 g/mol. The van der Waals surface area contributed by atoms with Gasteiger partial charge in [-0.05, 0) is 42.0 Å². The van der Waals surface area contributed by atoms with E-state index in [2.05, 4.69) is 125 Å². The van der Waals surface area contributed by atoms with Crippen molar-refractivity contribution in [3.05, 3.63) is 279 Å². The van der Waals surface area contributed by atoms with E-state index in [1.165, 1.54) is 0 Å². The summed E-state index contributed by atoms with van der Waals surface area (Å²) in [6.07, 6.45) is 0. The number of anilines is 6. The van der Waals surface area contributed by atoms with Crippen LogP contribution in [-0.2, 0) is 0 Å². The number of hydrogen-bond acceptors (Lipinski definition) is 10. The number of fused-ring (bicyclic) bond motifs is 2. The summed E-state index contributed by atoms with van der Waals surface area (Å²) < 4.78 is 0. The van der Waals surface area contributed by atoms with Crippen LogP contribution in [0.2, 0.25) is 0 Å². The number of nitrogens with zero attached hydrogens (tertiary/aromatic N) is 10. The van der Waals surface area contributed by atoms with Gasteiger partial charge in [0, 0.05) is 44.5 Å². The first-order valence-corrected chi connectivity index (χ1v) is 26.4. The summed E-state index contributed by atoms with van der Waals surface area (Å²) in [7, 11) is 0. The Morgan fingerprint density at radius 1 is 0.200 bits per heavy atom. The van der Waals surface area contributed by atoms with E-state index in [1.807, 2.05) is 164 Å². The molecule has 0 spiro atoms. The molecule has 10 heteroatoms. The van der Waals surface area contributed by atoms with Crippen molar-refractivity contribution in [1.82, 2.24) is 39.9 Å². The standard InChI is InChI=1S/C70H46N10/c1-8-26-47(27-9-1)55-46-56(72-64(71-55)49-30-12-3-13-31-49)54-44-45-61(63(62(54)48-28-10-2-11-29-48)69-75-65(50-32-14-4-15-33-50)73-66(76-69)51-34-16-5-17-35-51)79-57-40-22-24-42-59(57)80(60-43-25-23-41-58(60)79)70-77-67(52-36-18-6-19-37-52)74-68(78-70)53-38-20-7-21-39-53/h1-46H. The minimum Gasteiger partial charge on any atom is -0.306 e. The topological polar surface area (TPSA) is 110 Å². The molecule has 0 N–H and O–H groups in total. The molecule has 0 saturated heterocycles. The molecule has 10 nitrogen and oxygen atoms in total. The molecule has 0 aliphatic carbocycles. The van der Waals surface area contributed by atoms with E-state index in [0.717, 1.165) is 95.5 Å². The third kappa shape index (κ3) is 8.98. The summed E-state index contributed by atoms with van der Waals surface area (Å²) in [6.45, 7) is 0. The maximum Gasteiger partial charge on any atom is 0.238 e. The minimum atomic E-state index is 0.475. The smallest absolute Gasteiger partial charge is 0.238 e. The first-order valence-electron chi connectivity index (χ1n) is 26.4. The van der Waals surface area contributed by atoms with E-state index < -0.39 is 0 Å². The summed E-state index contributed by atoms with van der Waals surface area (Å²) in [5.41, 5.74) is 14.6. The molecule has 376 valence electrons. The van der Waals surface area contributed by atoms with Gasteiger partial charge in [0.15, 0.2) is 34.9 Å². The lowest BCUT2D eigenvalue weighted by molar-refractivity contribution is 1.01. The van der Waals surface area contributed by atoms with Gasteiger partial charge in [-0.1, -0.05) is 243 Å². The van der Waals surface area contributed by atoms with Crippen LogP contribution in [0.1, 0.15) is 0 Å². The highest BCUT2D eigenvalue weighted by Crippen LogP contribution is 2.57. The lowest BCUT2D eigenvalue weighted by Gasteiger charge is -2.40. The van der Waals surface area contributed by atoms with Crippen LogP contribution in [0.15, 0.2) is 279 Å². The molecular formula is C70H46N10. The van der Waals surface area contributed by atoms with Crippen molar-refractivity contribution in [1.29, 1.82) is 0 Å². The zero-order chi connectivity index (χ0) is 53.2. The summed E-state index contributed by atoms with van der Waals surface area (Å²) in [4.78, 5) is 47.1. The van der Waals surface area contributed by atoms with E-state index in [0.29, 0.717) is 40.9 Å². The molecule has 1 aliphatic heterocycles. The largest absolute Gasteiger partial charge is 0.306 e. The van der Waals surface area contributed by atoms with Crippen LogP contribution in [0, 0.1) is 0 Å². The SMILES string of the molecule is c1ccc(-c2cc(-c3ccc(N4c5ccccc5N(c5nc(-c6ccccc6)nc(-c6ccccc6)n5)c5ccccc54)c(-c4nc(-c5ccccc5)nc(-c5ccccc5)n4)c3-c3ccccc3)nc(-c3ccccc3)n2)cc1. The van der Waals surface area contributed by atoms with E-state index in [9.17, 15) is 0 Å². The summed E-state index contributed by atoms with van der Waals surface area (Å²) >= 11 is 0. The van der Waals surface area contributed by atoms with Gasteiger partial charge in [-0.15, -0.1) is 0 Å². The summed E-state index contributed by atoms with van der Waals surface area (Å²) in [5, 5.41) is 0. The highest BCUT2D eigenvalue weighted by molar-refractivity contribution is 6.07. The molecule has 0 bridgehead atoms. The van der Waals surface area contributed by atoms with Gasteiger partial charge in [0.25, 0.3) is 0 Å². The molecule has 0 unspecified atom stereocenters. The van der Waals surface area contributed by atoms with Crippen LogP contribution in [0.5, 0.6) is 0 Å². The predicted octanol–water partition coefficient (Wildman–Crippen LogP) is 17.1. The second-order valence-electron chi connectivity index (χ2n) is 19.1. The third-order valence-corrected chi connectivity index (χ3v) is 14.1. The number of para-hydroxylation sites is 4. The van der Waals surface area contributed by atoms with E-state index in [4.69, 9.17) is 39.9 Å². The molecule has 13 aromatic rings. The quantitative estimate of drug-likeness (QED) is 0.124. The van der Waals surface area contributed by atoms with Crippen molar-refractivity contribution in [3.63, 3.8) is 0 Å². The molecule has 80 heavy (non-hydrogen) atoms. The van der Waals surface area contributed by atoms with Gasteiger partial charge < -0.3 is 4.90 Å². The molecule has 1 aliphatic rings. The fraction of sp³-hybridized carbons (Fsp3) is 0. The maximum absolute atomic E-state index is 5.54. The van der Waals surface area contributed by atoms with E-state index in [-0.39, 0.29) is 0 Å². The lowest BCUT2D eigenvalue weighted by atomic mass is 9.89. The molecule has 0 fully saturated rings. The monoisotopic (exact) mass is 1030 g/mol. The van der Waals surface area contributed by atoms with Gasteiger partial charge in [-0.25, -0.2) is 29.9 Å². The van der Waals surface area contributed by atoms with Crippen LogP contribution in [0.4, 0.5) is 34.4 Å². The normalized spacial score (nSPS) is 11.7. The van der Waals surface area contributed by atoms with Crippen molar-refractivity contribution in [3.8, 4) is 102 Å². The molecule has 0 radical (unpaired) electrons. The van der Waals surface area contributed by atoms with Gasteiger partial charge >= 0.3 is 0 Å². The number of hydrogen-bond donors (Lipinski definition) is 0. The fourth-order valence-corrected chi connectivity index (χ4v) is 10.4. The Balaban J connectivity index is 1.07. The Labute approximate surface area is 462 Å². The van der Waals surface area contributed by atoms with Crippen LogP contribution in [-0.4, -0.2) is 39.9 Å². The third-order valence-electron chi connectivity index (χ3n) is 14.1. The first-order chi connectivity index (χ1) is 39.7. The second kappa shape index (κ2) is 20.8. The zero-order valence-electron chi connectivity index (χ0n) is 43.0. The van der Waals surface area contributed by atoms with Crippen LogP contribution in [0.25, 0.3) is 102 Å². The Hall–Kier alpha value is -11.1. The summed E-state index contributed by atoms with van der Waals surface area (Å²) in [6, 6.07) is 94.6. The second-order valence-corrected chi connectivity index (χ2v) is 19.1. The first kappa shape index (κ1) is 47.4. The Bertz CT molecular complexity index is 4120. The molecule has 3 aromatic heterocycles. The number of rotatable bonds is 11. The molecule has 4 heterocycles. The van der Waals surface area contributed by atoms with Gasteiger partial charge in [-0.3, -0.25) is 4.90 Å². The Kier molecular flexibility index (Phi) is 12.3.